The molecule has 0 amide bonds. The SMILES string of the molecule is C=CCC(C#N)(CC=C)c1cn(C)c2ccccc12. The molecule has 0 N–H and O–H groups in total. The first-order valence-corrected chi connectivity index (χ1v) is 6.36. The number of nitrogens with zero attached hydrogens (tertiary/aromatic N) is 2. The highest BCUT2D eigenvalue weighted by Gasteiger charge is 2.32. The summed E-state index contributed by atoms with van der Waals surface area (Å²) in [6.45, 7) is 7.59. The molecule has 0 radical (unpaired) electrons. The molecule has 0 saturated heterocycles. The summed E-state index contributed by atoms with van der Waals surface area (Å²) in [5.41, 5.74) is 1.64. The lowest BCUT2D eigenvalue weighted by molar-refractivity contribution is 0.569. The van der Waals surface area contributed by atoms with Gasteiger partial charge >= 0.3 is 0 Å². The van der Waals surface area contributed by atoms with E-state index in [1.165, 1.54) is 0 Å². The van der Waals surface area contributed by atoms with E-state index in [2.05, 4.69) is 42.1 Å². The van der Waals surface area contributed by atoms with Crippen LogP contribution in [0.2, 0.25) is 0 Å². The second-order valence-corrected chi connectivity index (χ2v) is 4.85. The minimum atomic E-state index is -0.565. The molecule has 0 atom stereocenters. The number of aromatic nitrogens is 1. The van der Waals surface area contributed by atoms with Crippen molar-refractivity contribution in [2.75, 3.05) is 0 Å². The number of hydrogen-bond acceptors (Lipinski definition) is 1. The van der Waals surface area contributed by atoms with Gasteiger partial charge in [0.05, 0.1) is 11.5 Å². The van der Waals surface area contributed by atoms with Crippen molar-refractivity contribution in [2.45, 2.75) is 18.3 Å². The zero-order chi connectivity index (χ0) is 13.9. The van der Waals surface area contributed by atoms with E-state index in [1.54, 1.807) is 0 Å². The van der Waals surface area contributed by atoms with E-state index >= 15 is 0 Å². The highest BCUT2D eigenvalue weighted by atomic mass is 14.9. The van der Waals surface area contributed by atoms with Gasteiger partial charge in [0.15, 0.2) is 0 Å². The minimum Gasteiger partial charge on any atom is -0.350 e. The Labute approximate surface area is 114 Å². The minimum absolute atomic E-state index is 0.565. The smallest absolute Gasteiger partial charge is 0.0911 e. The summed E-state index contributed by atoms with van der Waals surface area (Å²) < 4.78 is 2.07. The van der Waals surface area contributed by atoms with Crippen molar-refractivity contribution in [1.82, 2.24) is 4.57 Å². The van der Waals surface area contributed by atoms with Gasteiger partial charge in [0.1, 0.15) is 0 Å². The van der Waals surface area contributed by atoms with Gasteiger partial charge in [0.25, 0.3) is 0 Å². The number of hydrogen-bond donors (Lipinski definition) is 0. The zero-order valence-corrected chi connectivity index (χ0v) is 11.3. The van der Waals surface area contributed by atoms with E-state index in [0.29, 0.717) is 12.8 Å². The first-order valence-electron chi connectivity index (χ1n) is 6.36. The highest BCUT2D eigenvalue weighted by molar-refractivity contribution is 5.85. The molecule has 2 nitrogen and oxygen atoms in total. The van der Waals surface area contributed by atoms with Gasteiger partial charge in [-0.1, -0.05) is 30.4 Å². The van der Waals surface area contributed by atoms with Crippen molar-refractivity contribution in [3.8, 4) is 6.07 Å². The van der Waals surface area contributed by atoms with Crippen LogP contribution in [0.5, 0.6) is 0 Å². The molecule has 0 unspecified atom stereocenters. The van der Waals surface area contributed by atoms with Crippen LogP contribution in [0.25, 0.3) is 10.9 Å². The summed E-state index contributed by atoms with van der Waals surface area (Å²) in [7, 11) is 2.01. The molecule has 1 heterocycles. The van der Waals surface area contributed by atoms with Crippen LogP contribution in [0.4, 0.5) is 0 Å². The number of allylic oxidation sites excluding steroid dienone is 2. The fourth-order valence-corrected chi connectivity index (χ4v) is 2.67. The second kappa shape index (κ2) is 5.16. The van der Waals surface area contributed by atoms with Gasteiger partial charge in [-0.3, -0.25) is 0 Å². The van der Waals surface area contributed by atoms with Crippen LogP contribution in [-0.4, -0.2) is 4.57 Å². The normalized spacial score (nSPS) is 11.2. The van der Waals surface area contributed by atoms with Crippen LogP contribution < -0.4 is 0 Å². The largest absolute Gasteiger partial charge is 0.350 e. The van der Waals surface area contributed by atoms with Crippen molar-refractivity contribution in [2.24, 2.45) is 7.05 Å². The average Bonchev–Trinajstić information content (AvgIpc) is 2.77. The molecule has 2 aromatic rings. The third-order valence-electron chi connectivity index (χ3n) is 3.61. The number of benzene rings is 1. The van der Waals surface area contributed by atoms with E-state index in [1.807, 2.05) is 31.3 Å². The molecular weight excluding hydrogens is 232 g/mol. The predicted molar refractivity (Wildman–Crippen MR) is 79.8 cm³/mol. The molecule has 0 aliphatic rings. The first kappa shape index (κ1) is 13.2. The Kier molecular flexibility index (Phi) is 3.57. The Hall–Kier alpha value is -2.27. The molecule has 2 heteroatoms. The van der Waals surface area contributed by atoms with E-state index < -0.39 is 5.41 Å². The molecule has 0 bridgehead atoms. The number of fused-ring (bicyclic) bond motifs is 1. The zero-order valence-electron chi connectivity index (χ0n) is 11.3. The molecule has 1 aromatic carbocycles. The number of aryl methyl sites for hydroxylation is 1. The third-order valence-corrected chi connectivity index (χ3v) is 3.61. The van der Waals surface area contributed by atoms with Gasteiger partial charge in [-0.15, -0.1) is 13.2 Å². The predicted octanol–water partition coefficient (Wildman–Crippen LogP) is 4.09. The molecule has 0 spiro atoms. The summed E-state index contributed by atoms with van der Waals surface area (Å²) in [6, 6.07) is 10.7. The van der Waals surface area contributed by atoms with Crippen molar-refractivity contribution in [3.63, 3.8) is 0 Å². The quantitative estimate of drug-likeness (QED) is 0.735. The Balaban J connectivity index is 2.72. The average molecular weight is 250 g/mol. The van der Waals surface area contributed by atoms with Gasteiger partial charge in [-0.2, -0.15) is 5.26 Å². The van der Waals surface area contributed by atoms with Crippen LogP contribution in [0.3, 0.4) is 0 Å². The standard InChI is InChI=1S/C17H18N2/c1-4-10-17(13-18,11-5-2)15-12-19(3)16-9-7-6-8-14(15)16/h4-9,12H,1-2,10-11H2,3H3. The molecule has 0 fully saturated rings. The first-order chi connectivity index (χ1) is 9.18. The maximum Gasteiger partial charge on any atom is 0.0911 e. The van der Waals surface area contributed by atoms with E-state index in [9.17, 15) is 5.26 Å². The Morgan fingerprint density at radius 2 is 1.89 bits per heavy atom. The Bertz CT molecular complexity index is 645. The summed E-state index contributed by atoms with van der Waals surface area (Å²) in [4.78, 5) is 0. The van der Waals surface area contributed by atoms with Gasteiger partial charge in [0, 0.05) is 24.1 Å². The van der Waals surface area contributed by atoms with Crippen molar-refractivity contribution < 1.29 is 0 Å². The number of nitriles is 1. The fraction of sp³-hybridized carbons (Fsp3) is 0.235. The third kappa shape index (κ3) is 2.08. The van der Waals surface area contributed by atoms with E-state index in [0.717, 1.165) is 16.5 Å². The van der Waals surface area contributed by atoms with Crippen LogP contribution >= 0.6 is 0 Å². The van der Waals surface area contributed by atoms with E-state index in [-0.39, 0.29) is 0 Å². The lowest BCUT2D eigenvalue weighted by Crippen LogP contribution is -2.22. The molecule has 0 saturated carbocycles. The Morgan fingerprint density at radius 1 is 1.26 bits per heavy atom. The summed E-state index contributed by atoms with van der Waals surface area (Å²) in [6.07, 6.45) is 6.94. The van der Waals surface area contributed by atoms with Crippen molar-refractivity contribution in [3.05, 3.63) is 61.3 Å². The highest BCUT2D eigenvalue weighted by Crippen LogP contribution is 2.37. The summed E-state index contributed by atoms with van der Waals surface area (Å²) in [5.74, 6) is 0. The molecule has 96 valence electrons. The fourth-order valence-electron chi connectivity index (χ4n) is 2.67. The second-order valence-electron chi connectivity index (χ2n) is 4.85. The lowest BCUT2D eigenvalue weighted by atomic mass is 9.76. The van der Waals surface area contributed by atoms with Crippen molar-refractivity contribution in [1.29, 1.82) is 5.26 Å². The van der Waals surface area contributed by atoms with Crippen molar-refractivity contribution >= 4 is 10.9 Å². The monoisotopic (exact) mass is 250 g/mol. The van der Waals surface area contributed by atoms with Crippen LogP contribution in [-0.2, 0) is 12.5 Å². The van der Waals surface area contributed by atoms with Gasteiger partial charge in [-0.25, -0.2) is 0 Å². The maximum atomic E-state index is 9.71. The molecule has 1 aromatic heterocycles. The van der Waals surface area contributed by atoms with Gasteiger partial charge in [-0.05, 0) is 24.5 Å². The lowest BCUT2D eigenvalue weighted by Gasteiger charge is -2.23. The van der Waals surface area contributed by atoms with Crippen LogP contribution in [0.1, 0.15) is 18.4 Å². The summed E-state index contributed by atoms with van der Waals surface area (Å²) >= 11 is 0. The molecule has 0 aliphatic heterocycles. The number of para-hydroxylation sites is 1. The topological polar surface area (TPSA) is 28.7 Å². The Morgan fingerprint density at radius 3 is 2.47 bits per heavy atom. The molecular formula is C17H18N2. The maximum absolute atomic E-state index is 9.71. The van der Waals surface area contributed by atoms with Crippen LogP contribution in [0, 0.1) is 11.3 Å². The van der Waals surface area contributed by atoms with Gasteiger partial charge in [0.2, 0.25) is 0 Å². The van der Waals surface area contributed by atoms with Crippen LogP contribution in [0.15, 0.2) is 55.8 Å². The molecule has 0 aliphatic carbocycles. The molecule has 2 rings (SSSR count). The van der Waals surface area contributed by atoms with E-state index in [4.69, 9.17) is 0 Å². The molecule has 19 heavy (non-hydrogen) atoms. The number of rotatable bonds is 5. The van der Waals surface area contributed by atoms with Gasteiger partial charge < -0.3 is 4.57 Å². The summed E-state index contributed by atoms with van der Waals surface area (Å²) in [5, 5.41) is 10.8.